The van der Waals surface area contributed by atoms with E-state index in [0.29, 0.717) is 0 Å². The van der Waals surface area contributed by atoms with Crippen LogP contribution >= 0.6 is 11.3 Å². The minimum atomic E-state index is -0.00477. The Balaban J connectivity index is 2.22. The summed E-state index contributed by atoms with van der Waals surface area (Å²) in [6.45, 7) is 4.83. The van der Waals surface area contributed by atoms with Crippen molar-refractivity contribution in [3.63, 3.8) is 0 Å². The van der Waals surface area contributed by atoms with Gasteiger partial charge >= 0.3 is 0 Å². The van der Waals surface area contributed by atoms with Gasteiger partial charge in [0.2, 0.25) is 5.91 Å². The van der Waals surface area contributed by atoms with Crippen molar-refractivity contribution in [2.24, 2.45) is 0 Å². The quantitative estimate of drug-likeness (QED) is 0.851. The van der Waals surface area contributed by atoms with Crippen LogP contribution in [0.4, 0.5) is 0 Å². The van der Waals surface area contributed by atoms with Gasteiger partial charge in [0, 0.05) is 6.54 Å². The van der Waals surface area contributed by atoms with Crippen LogP contribution < -0.4 is 5.32 Å². The van der Waals surface area contributed by atoms with Crippen LogP contribution in [-0.4, -0.2) is 23.4 Å². The fourth-order valence-corrected chi connectivity index (χ4v) is 2.70. The Bertz CT molecular complexity index is 336. The molecule has 1 aliphatic heterocycles. The zero-order valence-corrected chi connectivity index (χ0v) is 9.88. The molecule has 82 valence electrons. The predicted molar refractivity (Wildman–Crippen MR) is 61.7 cm³/mol. The second-order valence-electron chi connectivity index (χ2n) is 3.71. The standard InChI is InChI=1S/C11H16N2OS/c1-3-9-11(14)13(4-2)10(12-9)8-5-6-15-7-8/h5-7,9-10,12H,3-4H2,1-2H3. The molecule has 0 aromatic carbocycles. The third-order valence-electron chi connectivity index (χ3n) is 2.86. The Labute approximate surface area is 94.1 Å². The van der Waals surface area contributed by atoms with Crippen molar-refractivity contribution in [1.29, 1.82) is 0 Å². The van der Waals surface area contributed by atoms with Crippen molar-refractivity contribution < 1.29 is 4.79 Å². The number of thiophene rings is 1. The number of nitrogens with zero attached hydrogens (tertiary/aromatic N) is 1. The zero-order valence-electron chi connectivity index (χ0n) is 9.06. The molecular formula is C11H16N2OS. The highest BCUT2D eigenvalue weighted by Gasteiger charge is 2.37. The molecular weight excluding hydrogens is 208 g/mol. The topological polar surface area (TPSA) is 32.3 Å². The molecule has 2 heterocycles. The highest BCUT2D eigenvalue weighted by Crippen LogP contribution is 2.27. The van der Waals surface area contributed by atoms with E-state index in [9.17, 15) is 4.79 Å². The lowest BCUT2D eigenvalue weighted by Crippen LogP contribution is -2.30. The third kappa shape index (κ3) is 1.79. The van der Waals surface area contributed by atoms with Gasteiger partial charge in [-0.3, -0.25) is 10.1 Å². The molecule has 1 saturated heterocycles. The summed E-state index contributed by atoms with van der Waals surface area (Å²) >= 11 is 1.67. The van der Waals surface area contributed by atoms with Crippen LogP contribution in [0.2, 0.25) is 0 Å². The van der Waals surface area contributed by atoms with Gasteiger partial charge < -0.3 is 4.90 Å². The first kappa shape index (κ1) is 10.6. The number of hydrogen-bond acceptors (Lipinski definition) is 3. The highest BCUT2D eigenvalue weighted by molar-refractivity contribution is 7.07. The van der Waals surface area contributed by atoms with Gasteiger partial charge in [0.1, 0.15) is 6.17 Å². The molecule has 1 fully saturated rings. The molecule has 0 radical (unpaired) electrons. The van der Waals surface area contributed by atoms with Crippen molar-refractivity contribution in [1.82, 2.24) is 10.2 Å². The maximum atomic E-state index is 11.9. The first-order chi connectivity index (χ1) is 7.27. The van der Waals surface area contributed by atoms with E-state index in [2.05, 4.69) is 22.1 Å². The predicted octanol–water partition coefficient (Wildman–Crippen LogP) is 1.98. The molecule has 0 saturated carbocycles. The summed E-state index contributed by atoms with van der Waals surface area (Å²) in [6, 6.07) is 2.07. The van der Waals surface area contributed by atoms with Crippen LogP contribution in [0.15, 0.2) is 16.8 Å². The van der Waals surface area contributed by atoms with E-state index in [1.165, 1.54) is 5.56 Å². The molecule has 0 bridgehead atoms. The first-order valence-corrected chi connectivity index (χ1v) is 6.30. The average molecular weight is 224 g/mol. The zero-order chi connectivity index (χ0) is 10.8. The Morgan fingerprint density at radius 1 is 1.53 bits per heavy atom. The summed E-state index contributed by atoms with van der Waals surface area (Å²) in [7, 11) is 0. The van der Waals surface area contributed by atoms with E-state index >= 15 is 0 Å². The van der Waals surface area contributed by atoms with E-state index in [-0.39, 0.29) is 18.1 Å². The first-order valence-electron chi connectivity index (χ1n) is 5.36. The summed E-state index contributed by atoms with van der Waals surface area (Å²) in [5.41, 5.74) is 1.20. The second-order valence-corrected chi connectivity index (χ2v) is 4.49. The minimum absolute atomic E-state index is 0.00477. The second kappa shape index (κ2) is 4.33. The van der Waals surface area contributed by atoms with Gasteiger partial charge in [-0.25, -0.2) is 0 Å². The molecule has 1 aromatic heterocycles. The van der Waals surface area contributed by atoms with Crippen LogP contribution in [-0.2, 0) is 4.79 Å². The van der Waals surface area contributed by atoms with Gasteiger partial charge in [0.05, 0.1) is 6.04 Å². The van der Waals surface area contributed by atoms with Gasteiger partial charge in [0.15, 0.2) is 0 Å². The SMILES string of the molecule is CCC1NC(c2ccsc2)N(CC)C1=O. The number of carbonyl (C=O) groups is 1. The normalized spacial score (nSPS) is 26.3. The van der Waals surface area contributed by atoms with Crippen LogP contribution in [0.3, 0.4) is 0 Å². The van der Waals surface area contributed by atoms with E-state index in [0.717, 1.165) is 13.0 Å². The average Bonchev–Trinajstić information content (AvgIpc) is 2.84. The van der Waals surface area contributed by atoms with Gasteiger partial charge in [0.25, 0.3) is 0 Å². The Hall–Kier alpha value is -0.870. The van der Waals surface area contributed by atoms with E-state index < -0.39 is 0 Å². The van der Waals surface area contributed by atoms with E-state index in [1.54, 1.807) is 11.3 Å². The molecule has 1 amide bonds. The summed E-state index contributed by atoms with van der Waals surface area (Å²) in [5.74, 6) is 0.233. The molecule has 0 spiro atoms. The van der Waals surface area contributed by atoms with Crippen LogP contribution in [0.25, 0.3) is 0 Å². The van der Waals surface area contributed by atoms with Gasteiger partial charge in [-0.05, 0) is 35.7 Å². The lowest BCUT2D eigenvalue weighted by atomic mass is 10.2. The molecule has 2 unspecified atom stereocenters. The molecule has 15 heavy (non-hydrogen) atoms. The summed E-state index contributed by atoms with van der Waals surface area (Å²) in [4.78, 5) is 13.9. The molecule has 1 aromatic rings. The van der Waals surface area contributed by atoms with Crippen molar-refractivity contribution in [3.05, 3.63) is 22.4 Å². The smallest absolute Gasteiger partial charge is 0.241 e. The Morgan fingerprint density at radius 2 is 2.33 bits per heavy atom. The maximum Gasteiger partial charge on any atom is 0.241 e. The fourth-order valence-electron chi connectivity index (χ4n) is 2.02. The summed E-state index contributed by atoms with van der Waals surface area (Å²) < 4.78 is 0. The fraction of sp³-hybridized carbons (Fsp3) is 0.545. The minimum Gasteiger partial charge on any atom is -0.322 e. The van der Waals surface area contributed by atoms with Crippen molar-refractivity contribution in [3.8, 4) is 0 Å². The van der Waals surface area contributed by atoms with E-state index in [4.69, 9.17) is 0 Å². The number of hydrogen-bond donors (Lipinski definition) is 1. The van der Waals surface area contributed by atoms with Crippen molar-refractivity contribution >= 4 is 17.2 Å². The van der Waals surface area contributed by atoms with Crippen LogP contribution in [0.5, 0.6) is 0 Å². The molecule has 3 nitrogen and oxygen atoms in total. The Morgan fingerprint density at radius 3 is 2.87 bits per heavy atom. The lowest BCUT2D eigenvalue weighted by molar-refractivity contribution is -0.129. The Kier molecular flexibility index (Phi) is 3.07. The van der Waals surface area contributed by atoms with Crippen LogP contribution in [0.1, 0.15) is 32.0 Å². The summed E-state index contributed by atoms with van der Waals surface area (Å²) in [6.07, 6.45) is 0.939. The molecule has 1 aliphatic rings. The molecule has 1 N–H and O–H groups in total. The molecule has 0 aliphatic carbocycles. The largest absolute Gasteiger partial charge is 0.322 e. The molecule has 2 atom stereocenters. The van der Waals surface area contributed by atoms with Gasteiger partial charge in [-0.1, -0.05) is 6.92 Å². The maximum absolute atomic E-state index is 11.9. The van der Waals surface area contributed by atoms with Crippen LogP contribution in [0, 0.1) is 0 Å². The van der Waals surface area contributed by atoms with Crippen molar-refractivity contribution in [2.75, 3.05) is 6.54 Å². The number of carbonyl (C=O) groups excluding carboxylic acids is 1. The van der Waals surface area contributed by atoms with Gasteiger partial charge in [-0.15, -0.1) is 0 Å². The third-order valence-corrected chi connectivity index (χ3v) is 3.56. The lowest BCUT2D eigenvalue weighted by Gasteiger charge is -2.21. The summed E-state index contributed by atoms with van der Waals surface area (Å²) in [5, 5.41) is 7.53. The monoisotopic (exact) mass is 224 g/mol. The van der Waals surface area contributed by atoms with Gasteiger partial charge in [-0.2, -0.15) is 11.3 Å². The number of likely N-dealkylation sites (N-methyl/N-ethyl adjacent to an activating group) is 1. The highest BCUT2D eigenvalue weighted by atomic mass is 32.1. The van der Waals surface area contributed by atoms with Crippen molar-refractivity contribution in [2.45, 2.75) is 32.5 Å². The molecule has 4 heteroatoms. The number of nitrogens with one attached hydrogen (secondary N) is 1. The number of amides is 1. The van der Waals surface area contributed by atoms with E-state index in [1.807, 2.05) is 18.7 Å². The molecule has 2 rings (SSSR count). The number of rotatable bonds is 3.